The van der Waals surface area contributed by atoms with Crippen molar-refractivity contribution in [3.8, 4) is 6.07 Å². The van der Waals surface area contributed by atoms with Gasteiger partial charge in [0.05, 0.1) is 23.8 Å². The Balaban J connectivity index is 1.73. The van der Waals surface area contributed by atoms with Gasteiger partial charge in [-0.15, -0.1) is 0 Å². The SMILES string of the molecule is CC(C)C1N(C)CC12C[C@@H](O)[C@H](Nc1cc(C#N)ccn1)C2. The molecule has 1 aliphatic heterocycles. The molecule has 4 atom stereocenters. The molecule has 3 rings (SSSR count). The van der Waals surface area contributed by atoms with E-state index in [9.17, 15) is 5.11 Å². The number of likely N-dealkylation sites (tertiary alicyclic amines) is 1. The van der Waals surface area contributed by atoms with E-state index in [0.29, 0.717) is 23.3 Å². The molecule has 1 aromatic heterocycles. The molecule has 2 aliphatic rings. The van der Waals surface area contributed by atoms with E-state index < -0.39 is 0 Å². The predicted octanol–water partition coefficient (Wildman–Crippen LogP) is 1.84. The van der Waals surface area contributed by atoms with E-state index in [2.05, 4.69) is 42.2 Å². The van der Waals surface area contributed by atoms with Gasteiger partial charge in [-0.1, -0.05) is 13.8 Å². The average Bonchev–Trinajstić information content (AvgIpc) is 2.76. The van der Waals surface area contributed by atoms with Crippen molar-refractivity contribution in [3.05, 3.63) is 23.9 Å². The van der Waals surface area contributed by atoms with Crippen molar-refractivity contribution in [2.24, 2.45) is 11.3 Å². The third kappa shape index (κ3) is 2.47. The van der Waals surface area contributed by atoms with E-state index in [1.54, 1.807) is 18.3 Å². The first-order valence-electron chi connectivity index (χ1n) is 7.96. The van der Waals surface area contributed by atoms with E-state index in [4.69, 9.17) is 5.26 Å². The smallest absolute Gasteiger partial charge is 0.127 e. The van der Waals surface area contributed by atoms with Gasteiger partial charge in [0.1, 0.15) is 5.82 Å². The first-order chi connectivity index (χ1) is 10.4. The topological polar surface area (TPSA) is 72.2 Å². The minimum atomic E-state index is -0.359. The highest BCUT2D eigenvalue weighted by molar-refractivity contribution is 5.43. The Morgan fingerprint density at radius 3 is 2.91 bits per heavy atom. The molecule has 0 bridgehead atoms. The van der Waals surface area contributed by atoms with Crippen LogP contribution in [0.5, 0.6) is 0 Å². The third-order valence-electron chi connectivity index (χ3n) is 5.23. The molecule has 5 nitrogen and oxygen atoms in total. The molecule has 2 unspecified atom stereocenters. The van der Waals surface area contributed by atoms with Crippen molar-refractivity contribution < 1.29 is 5.11 Å². The van der Waals surface area contributed by atoms with Crippen LogP contribution >= 0.6 is 0 Å². The second-order valence-corrected chi connectivity index (χ2v) is 7.23. The number of nitrogens with zero attached hydrogens (tertiary/aromatic N) is 3. The molecule has 1 saturated carbocycles. The van der Waals surface area contributed by atoms with Gasteiger partial charge in [-0.25, -0.2) is 4.98 Å². The van der Waals surface area contributed by atoms with Gasteiger partial charge < -0.3 is 15.3 Å². The number of aliphatic hydroxyl groups excluding tert-OH is 1. The fraction of sp³-hybridized carbons (Fsp3) is 0.647. The summed E-state index contributed by atoms with van der Waals surface area (Å²) in [7, 11) is 2.17. The molecule has 0 amide bonds. The number of anilines is 1. The minimum Gasteiger partial charge on any atom is -0.391 e. The molecule has 118 valence electrons. The van der Waals surface area contributed by atoms with Gasteiger partial charge >= 0.3 is 0 Å². The first-order valence-corrected chi connectivity index (χ1v) is 7.96. The Labute approximate surface area is 132 Å². The number of rotatable bonds is 3. The number of nitriles is 1. The highest BCUT2D eigenvalue weighted by atomic mass is 16.3. The van der Waals surface area contributed by atoms with E-state index in [-0.39, 0.29) is 17.6 Å². The molecule has 2 heterocycles. The van der Waals surface area contributed by atoms with Gasteiger partial charge in [-0.2, -0.15) is 5.26 Å². The average molecular weight is 300 g/mol. The zero-order valence-corrected chi connectivity index (χ0v) is 13.5. The summed E-state index contributed by atoms with van der Waals surface area (Å²) in [5.41, 5.74) is 0.801. The second kappa shape index (κ2) is 5.53. The molecule has 1 spiro atoms. The van der Waals surface area contributed by atoms with Crippen molar-refractivity contribution in [2.45, 2.75) is 44.9 Å². The van der Waals surface area contributed by atoms with Gasteiger partial charge in [-0.3, -0.25) is 0 Å². The Hall–Kier alpha value is -1.64. The maximum Gasteiger partial charge on any atom is 0.127 e. The van der Waals surface area contributed by atoms with Crippen LogP contribution < -0.4 is 5.32 Å². The highest BCUT2D eigenvalue weighted by Gasteiger charge is 2.58. The number of hydrogen-bond acceptors (Lipinski definition) is 5. The van der Waals surface area contributed by atoms with Crippen molar-refractivity contribution in [1.29, 1.82) is 5.26 Å². The molecule has 1 saturated heterocycles. The summed E-state index contributed by atoms with van der Waals surface area (Å²) in [6.07, 6.45) is 3.07. The number of aromatic nitrogens is 1. The van der Waals surface area contributed by atoms with Crippen LogP contribution in [0.4, 0.5) is 5.82 Å². The lowest BCUT2D eigenvalue weighted by Crippen LogP contribution is -2.64. The summed E-state index contributed by atoms with van der Waals surface area (Å²) in [6.45, 7) is 5.57. The number of hydrogen-bond donors (Lipinski definition) is 2. The van der Waals surface area contributed by atoms with Crippen LogP contribution in [0.25, 0.3) is 0 Å². The molecule has 1 aromatic rings. The lowest BCUT2D eigenvalue weighted by Gasteiger charge is -2.57. The van der Waals surface area contributed by atoms with Crippen molar-refractivity contribution in [3.63, 3.8) is 0 Å². The van der Waals surface area contributed by atoms with Crippen LogP contribution in [-0.4, -0.2) is 46.8 Å². The van der Waals surface area contributed by atoms with Gasteiger partial charge in [0.2, 0.25) is 0 Å². The summed E-state index contributed by atoms with van der Waals surface area (Å²) < 4.78 is 0. The summed E-state index contributed by atoms with van der Waals surface area (Å²) in [6, 6.07) is 6.09. The maximum atomic E-state index is 10.5. The normalized spacial score (nSPS) is 34.6. The van der Waals surface area contributed by atoms with Crippen LogP contribution in [0.15, 0.2) is 18.3 Å². The Morgan fingerprint density at radius 1 is 1.50 bits per heavy atom. The Kier molecular flexibility index (Phi) is 3.84. The number of aliphatic hydroxyl groups is 1. The zero-order valence-electron chi connectivity index (χ0n) is 13.5. The lowest BCUT2D eigenvalue weighted by atomic mass is 9.66. The van der Waals surface area contributed by atoms with Gasteiger partial charge in [-0.05, 0) is 37.9 Å². The van der Waals surface area contributed by atoms with E-state index >= 15 is 0 Å². The Bertz CT molecular complexity index is 592. The third-order valence-corrected chi connectivity index (χ3v) is 5.23. The van der Waals surface area contributed by atoms with Crippen molar-refractivity contribution >= 4 is 5.82 Å². The van der Waals surface area contributed by atoms with Crippen LogP contribution in [-0.2, 0) is 0 Å². The molecule has 22 heavy (non-hydrogen) atoms. The van der Waals surface area contributed by atoms with Crippen molar-refractivity contribution in [2.75, 3.05) is 18.9 Å². The van der Waals surface area contributed by atoms with E-state index in [0.717, 1.165) is 19.4 Å². The number of pyridine rings is 1. The molecule has 0 aromatic carbocycles. The fourth-order valence-corrected chi connectivity index (χ4v) is 4.76. The fourth-order valence-electron chi connectivity index (χ4n) is 4.76. The largest absolute Gasteiger partial charge is 0.391 e. The van der Waals surface area contributed by atoms with E-state index in [1.807, 2.05) is 0 Å². The van der Waals surface area contributed by atoms with Gasteiger partial charge in [0.25, 0.3) is 0 Å². The van der Waals surface area contributed by atoms with Gasteiger partial charge in [0, 0.05) is 24.2 Å². The standard InChI is InChI=1S/C17H24N4O/c1-11(2)16-17(10-21(16)3)7-13(14(22)8-17)20-15-6-12(9-18)4-5-19-15/h4-6,11,13-14,16,22H,7-8,10H2,1-3H3,(H,19,20)/t13-,14-,16?,17?/m1/s1. The van der Waals surface area contributed by atoms with Crippen LogP contribution in [0, 0.1) is 22.7 Å². The first kappa shape index (κ1) is 15.3. The summed E-state index contributed by atoms with van der Waals surface area (Å²) in [5.74, 6) is 1.26. The second-order valence-electron chi connectivity index (χ2n) is 7.23. The quantitative estimate of drug-likeness (QED) is 0.891. The maximum absolute atomic E-state index is 10.5. The van der Waals surface area contributed by atoms with E-state index in [1.165, 1.54) is 0 Å². The molecular weight excluding hydrogens is 276 g/mol. The predicted molar refractivity (Wildman–Crippen MR) is 85.3 cm³/mol. The summed E-state index contributed by atoms with van der Waals surface area (Å²) in [4.78, 5) is 6.66. The van der Waals surface area contributed by atoms with Gasteiger partial charge in [0.15, 0.2) is 0 Å². The van der Waals surface area contributed by atoms with Crippen molar-refractivity contribution in [1.82, 2.24) is 9.88 Å². The molecule has 0 radical (unpaired) electrons. The summed E-state index contributed by atoms with van der Waals surface area (Å²) in [5, 5.41) is 22.8. The summed E-state index contributed by atoms with van der Waals surface area (Å²) >= 11 is 0. The van der Waals surface area contributed by atoms with Crippen LogP contribution in [0.1, 0.15) is 32.3 Å². The Morgan fingerprint density at radius 2 is 2.27 bits per heavy atom. The molecule has 2 fully saturated rings. The molecule has 5 heteroatoms. The molecule has 2 N–H and O–H groups in total. The van der Waals surface area contributed by atoms with Crippen LogP contribution in [0.2, 0.25) is 0 Å². The minimum absolute atomic E-state index is 0.0105. The lowest BCUT2D eigenvalue weighted by molar-refractivity contribution is -0.0825. The number of nitrogens with one attached hydrogen (secondary N) is 1. The molecule has 1 aliphatic carbocycles. The zero-order chi connectivity index (χ0) is 15.9. The van der Waals surface area contributed by atoms with Crippen LogP contribution in [0.3, 0.4) is 0 Å². The monoisotopic (exact) mass is 300 g/mol. The highest BCUT2D eigenvalue weighted by Crippen LogP contribution is 2.52. The molecular formula is C17H24N4O.